The van der Waals surface area contributed by atoms with Crippen molar-refractivity contribution in [3.8, 4) is 0 Å². The van der Waals surface area contributed by atoms with Crippen molar-refractivity contribution < 1.29 is 27.4 Å². The summed E-state index contributed by atoms with van der Waals surface area (Å²) in [6.45, 7) is 2.15. The number of alkyl halides is 3. The van der Waals surface area contributed by atoms with Crippen LogP contribution in [0.3, 0.4) is 0 Å². The molecule has 0 N–H and O–H groups in total. The zero-order chi connectivity index (χ0) is 13.2. The lowest BCUT2D eigenvalue weighted by molar-refractivity contribution is -0.182. The lowest BCUT2D eigenvalue weighted by atomic mass is 10.0. The maximum Gasteiger partial charge on any atom is 0.454 e. The number of hydrogen-bond acceptors (Lipinski definition) is 4. The first-order valence-corrected chi connectivity index (χ1v) is 5.73. The fourth-order valence-corrected chi connectivity index (χ4v) is 2.07. The molecule has 102 valence electrons. The van der Waals surface area contributed by atoms with Crippen LogP contribution < -0.4 is 0 Å². The van der Waals surface area contributed by atoms with Gasteiger partial charge in [-0.25, -0.2) is 0 Å². The van der Waals surface area contributed by atoms with E-state index in [1.54, 1.807) is 4.90 Å². The Kier molecular flexibility index (Phi) is 3.63. The molecule has 18 heavy (non-hydrogen) atoms. The average molecular weight is 265 g/mol. The monoisotopic (exact) mass is 265 g/mol. The molecule has 2 heterocycles. The summed E-state index contributed by atoms with van der Waals surface area (Å²) in [6, 6.07) is 0. The lowest BCUT2D eigenvalue weighted by Crippen LogP contribution is -2.43. The Balaban J connectivity index is 1.83. The van der Waals surface area contributed by atoms with Gasteiger partial charge in [0, 0.05) is 38.2 Å². The summed E-state index contributed by atoms with van der Waals surface area (Å²) in [5, 5.41) is 0. The molecule has 4 nitrogen and oxygen atoms in total. The smallest absolute Gasteiger partial charge is 0.377 e. The highest BCUT2D eigenvalue weighted by Gasteiger charge is 2.40. The fraction of sp³-hybridized carbons (Fsp3) is 0.727. The normalized spacial score (nSPS) is 24.1. The van der Waals surface area contributed by atoms with Gasteiger partial charge in [-0.2, -0.15) is 13.2 Å². The Bertz CT molecular complexity index is 338. The maximum absolute atomic E-state index is 12.0. The number of piperidine rings is 1. The van der Waals surface area contributed by atoms with Gasteiger partial charge in [-0.1, -0.05) is 0 Å². The molecule has 0 bridgehead atoms. The minimum Gasteiger partial charge on any atom is -0.377 e. The van der Waals surface area contributed by atoms with Crippen molar-refractivity contribution in [2.45, 2.75) is 24.8 Å². The summed E-state index contributed by atoms with van der Waals surface area (Å²) in [7, 11) is 0. The number of allylic oxidation sites excluding steroid dienone is 1. The molecule has 7 heteroatoms. The predicted octanol–water partition coefficient (Wildman–Crippen LogP) is 1.47. The molecule has 0 atom stereocenters. The van der Waals surface area contributed by atoms with Crippen LogP contribution in [0.2, 0.25) is 0 Å². The molecule has 0 aromatic rings. The lowest BCUT2D eigenvalue weighted by Gasteiger charge is -2.37. The van der Waals surface area contributed by atoms with Gasteiger partial charge in [-0.15, -0.1) is 0 Å². The first kappa shape index (κ1) is 13.4. The number of ether oxygens (including phenoxy) is 2. The quantitative estimate of drug-likeness (QED) is 0.709. The molecule has 0 aromatic heterocycles. The minimum absolute atomic E-state index is 0.516. The van der Waals surface area contributed by atoms with E-state index in [1.807, 2.05) is 0 Å². The van der Waals surface area contributed by atoms with Crippen LogP contribution in [0.5, 0.6) is 0 Å². The van der Waals surface area contributed by atoms with Crippen molar-refractivity contribution in [2.75, 3.05) is 26.3 Å². The number of carbonyl (C=O) groups is 1. The van der Waals surface area contributed by atoms with Gasteiger partial charge in [0.05, 0.1) is 13.2 Å². The molecule has 0 amide bonds. The van der Waals surface area contributed by atoms with Crippen LogP contribution in [-0.2, 0) is 14.3 Å². The van der Waals surface area contributed by atoms with Crippen molar-refractivity contribution >= 4 is 5.78 Å². The summed E-state index contributed by atoms with van der Waals surface area (Å²) in [4.78, 5) is 12.3. The third kappa shape index (κ3) is 3.02. The number of rotatable bonds is 2. The van der Waals surface area contributed by atoms with E-state index in [2.05, 4.69) is 0 Å². The summed E-state index contributed by atoms with van der Waals surface area (Å²) >= 11 is 0. The van der Waals surface area contributed by atoms with Crippen molar-refractivity contribution in [3.05, 3.63) is 12.3 Å². The Morgan fingerprint density at radius 1 is 1.17 bits per heavy atom. The summed E-state index contributed by atoms with van der Waals surface area (Å²) in [5.41, 5.74) is 0. The second-order valence-corrected chi connectivity index (χ2v) is 4.32. The fourth-order valence-electron chi connectivity index (χ4n) is 2.07. The van der Waals surface area contributed by atoms with E-state index in [-0.39, 0.29) is 0 Å². The number of hydrogen-bond donors (Lipinski definition) is 0. The maximum atomic E-state index is 12.0. The van der Waals surface area contributed by atoms with Gasteiger partial charge in [0.1, 0.15) is 0 Å². The van der Waals surface area contributed by atoms with Crippen molar-refractivity contribution in [1.29, 1.82) is 0 Å². The zero-order valence-electron chi connectivity index (χ0n) is 9.70. The minimum atomic E-state index is -4.80. The van der Waals surface area contributed by atoms with Gasteiger partial charge in [-0.3, -0.25) is 4.79 Å². The van der Waals surface area contributed by atoms with Crippen molar-refractivity contribution in [2.24, 2.45) is 0 Å². The Hall–Kier alpha value is -1.08. The highest BCUT2D eigenvalue weighted by molar-refractivity contribution is 5.94. The van der Waals surface area contributed by atoms with E-state index >= 15 is 0 Å². The molecular weight excluding hydrogens is 251 g/mol. The van der Waals surface area contributed by atoms with Crippen molar-refractivity contribution in [3.63, 3.8) is 0 Å². The van der Waals surface area contributed by atoms with Crippen LogP contribution in [-0.4, -0.2) is 48.9 Å². The number of carbonyl (C=O) groups excluding carboxylic acids is 1. The highest BCUT2D eigenvalue weighted by atomic mass is 19.4. The van der Waals surface area contributed by atoms with Crippen LogP contribution in [0.1, 0.15) is 12.8 Å². The van der Waals surface area contributed by atoms with E-state index in [0.29, 0.717) is 45.2 Å². The van der Waals surface area contributed by atoms with Gasteiger partial charge < -0.3 is 14.4 Å². The van der Waals surface area contributed by atoms with Crippen molar-refractivity contribution in [1.82, 2.24) is 4.90 Å². The van der Waals surface area contributed by atoms with Gasteiger partial charge >= 0.3 is 6.18 Å². The van der Waals surface area contributed by atoms with Crippen LogP contribution in [0, 0.1) is 0 Å². The van der Waals surface area contributed by atoms with Crippen LogP contribution in [0.25, 0.3) is 0 Å². The molecule has 1 spiro atoms. The number of likely N-dealkylation sites (tertiary alicyclic amines) is 1. The zero-order valence-corrected chi connectivity index (χ0v) is 9.70. The first-order chi connectivity index (χ1) is 8.41. The molecule has 0 aliphatic carbocycles. The topological polar surface area (TPSA) is 38.8 Å². The predicted molar refractivity (Wildman–Crippen MR) is 55.6 cm³/mol. The van der Waals surface area contributed by atoms with E-state index in [0.717, 1.165) is 0 Å². The molecular formula is C11H14F3NO3. The first-order valence-electron chi connectivity index (χ1n) is 5.73. The molecule has 2 rings (SSSR count). The molecule has 0 saturated carbocycles. The van der Waals surface area contributed by atoms with E-state index < -0.39 is 17.7 Å². The Morgan fingerprint density at radius 3 is 2.22 bits per heavy atom. The summed E-state index contributed by atoms with van der Waals surface area (Å²) in [6.07, 6.45) is -1.85. The Morgan fingerprint density at radius 2 is 1.72 bits per heavy atom. The van der Waals surface area contributed by atoms with Crippen LogP contribution in [0.15, 0.2) is 12.3 Å². The second kappa shape index (κ2) is 4.89. The van der Waals surface area contributed by atoms with Gasteiger partial charge in [0.25, 0.3) is 5.78 Å². The Labute approximate surface area is 102 Å². The molecule has 2 fully saturated rings. The van der Waals surface area contributed by atoms with E-state index in [4.69, 9.17) is 9.47 Å². The van der Waals surface area contributed by atoms with Gasteiger partial charge in [-0.05, 0) is 0 Å². The SMILES string of the molecule is O=C(/C=C/N1CCC2(CC1)OCCO2)C(F)(F)F. The van der Waals surface area contributed by atoms with E-state index in [9.17, 15) is 18.0 Å². The van der Waals surface area contributed by atoms with Gasteiger partial charge in [0.15, 0.2) is 5.79 Å². The van der Waals surface area contributed by atoms with Crippen LogP contribution >= 0.6 is 0 Å². The molecule has 0 radical (unpaired) electrons. The third-order valence-corrected chi connectivity index (χ3v) is 3.09. The second-order valence-electron chi connectivity index (χ2n) is 4.32. The number of ketones is 1. The van der Waals surface area contributed by atoms with E-state index in [1.165, 1.54) is 6.20 Å². The molecule has 2 aliphatic heterocycles. The van der Waals surface area contributed by atoms with Gasteiger partial charge in [0.2, 0.25) is 0 Å². The average Bonchev–Trinajstić information content (AvgIpc) is 2.75. The summed E-state index contributed by atoms with van der Waals surface area (Å²) < 4.78 is 46.9. The molecule has 2 saturated heterocycles. The van der Waals surface area contributed by atoms with Crippen LogP contribution in [0.4, 0.5) is 13.2 Å². The number of halogens is 3. The third-order valence-electron chi connectivity index (χ3n) is 3.09. The molecule has 0 aromatic carbocycles. The highest BCUT2D eigenvalue weighted by Crippen LogP contribution is 2.31. The summed E-state index contributed by atoms with van der Waals surface area (Å²) in [5.74, 6) is -2.39. The molecule has 2 aliphatic rings. The largest absolute Gasteiger partial charge is 0.454 e. The standard InChI is InChI=1S/C11H14F3NO3/c12-11(13,14)9(16)1-4-15-5-2-10(3-6-15)17-7-8-18-10/h1,4H,2-3,5-8H2/b4-1+. The number of nitrogens with zero attached hydrogens (tertiary/aromatic N) is 1. The molecule has 0 unspecified atom stereocenters.